The Kier molecular flexibility index (Phi) is 5.63. The van der Waals surface area contributed by atoms with Crippen LogP contribution in [0.1, 0.15) is 60.2 Å². The number of hydrogen-bond donors (Lipinski definition) is 2. The molecule has 2 fully saturated rings. The summed E-state index contributed by atoms with van der Waals surface area (Å²) in [5, 5.41) is 21.7. The van der Waals surface area contributed by atoms with E-state index in [2.05, 4.69) is 20.5 Å². The van der Waals surface area contributed by atoms with Crippen LogP contribution in [-0.4, -0.2) is 48.0 Å². The van der Waals surface area contributed by atoms with E-state index in [1.165, 1.54) is 16.8 Å². The third-order valence-electron chi connectivity index (χ3n) is 7.05. The molecule has 1 aliphatic carbocycles. The first kappa shape index (κ1) is 22.6. The molecule has 1 aliphatic heterocycles. The van der Waals surface area contributed by atoms with Crippen LogP contribution in [0.4, 0.5) is 20.4 Å². The van der Waals surface area contributed by atoms with E-state index in [1.54, 1.807) is 29.1 Å². The zero-order chi connectivity index (χ0) is 24.8. The molecular weight excluding hydrogens is 468 g/mol. The lowest BCUT2D eigenvalue weighted by atomic mass is 10.0. The molecule has 6 rings (SSSR count). The Bertz CT molecular complexity index is 1440. The third kappa shape index (κ3) is 4.09. The standard InChI is InChI=1S/C25H25F2N7O2/c26-15-3-6-19(27)18(12-15)21-2-1-10-32(21)23-8-7-22-28-14-24(34(22)31-23)29-25(36)20-9-11-33(30-20)16-4-5-17(35)13-16/h3,6-9,11-12,14,16-17,21,35H,1-2,4-5,10,13H2,(H,29,36). The largest absolute Gasteiger partial charge is 0.393 e. The summed E-state index contributed by atoms with van der Waals surface area (Å²) in [6, 6.07) is 8.45. The van der Waals surface area contributed by atoms with Gasteiger partial charge in [0.05, 0.1) is 24.4 Å². The highest BCUT2D eigenvalue weighted by atomic mass is 19.1. The maximum absolute atomic E-state index is 14.5. The number of aromatic nitrogens is 5. The smallest absolute Gasteiger partial charge is 0.277 e. The summed E-state index contributed by atoms with van der Waals surface area (Å²) in [5.41, 5.74) is 1.09. The number of benzene rings is 1. The number of imidazole rings is 1. The Balaban J connectivity index is 1.25. The quantitative estimate of drug-likeness (QED) is 0.438. The first-order valence-electron chi connectivity index (χ1n) is 12.1. The maximum Gasteiger partial charge on any atom is 0.277 e. The van der Waals surface area contributed by atoms with Crippen LogP contribution in [0.25, 0.3) is 5.65 Å². The van der Waals surface area contributed by atoms with Gasteiger partial charge in [-0.1, -0.05) is 0 Å². The lowest BCUT2D eigenvalue weighted by Crippen LogP contribution is -2.25. The molecule has 3 atom stereocenters. The van der Waals surface area contributed by atoms with Gasteiger partial charge in [0.1, 0.15) is 17.5 Å². The van der Waals surface area contributed by atoms with Crippen LogP contribution in [0.15, 0.2) is 48.8 Å². The Morgan fingerprint density at radius 3 is 2.81 bits per heavy atom. The van der Waals surface area contributed by atoms with E-state index in [-0.39, 0.29) is 23.9 Å². The maximum atomic E-state index is 14.5. The van der Waals surface area contributed by atoms with Gasteiger partial charge < -0.3 is 15.3 Å². The van der Waals surface area contributed by atoms with E-state index in [9.17, 15) is 18.7 Å². The number of amides is 1. The van der Waals surface area contributed by atoms with E-state index in [0.29, 0.717) is 42.2 Å². The number of aliphatic hydroxyl groups excluding tert-OH is 1. The molecule has 1 saturated carbocycles. The molecule has 186 valence electrons. The number of fused-ring (bicyclic) bond motifs is 1. The Hall–Kier alpha value is -3.86. The van der Waals surface area contributed by atoms with Crippen LogP contribution < -0.4 is 10.2 Å². The molecule has 1 aromatic carbocycles. The van der Waals surface area contributed by atoms with Crippen molar-refractivity contribution in [2.24, 2.45) is 0 Å². The number of nitrogens with zero attached hydrogens (tertiary/aromatic N) is 6. The highest BCUT2D eigenvalue weighted by Gasteiger charge is 2.30. The molecule has 0 radical (unpaired) electrons. The van der Waals surface area contributed by atoms with Gasteiger partial charge in [-0.2, -0.15) is 9.61 Å². The predicted octanol–water partition coefficient (Wildman–Crippen LogP) is 3.88. The van der Waals surface area contributed by atoms with E-state index in [4.69, 9.17) is 0 Å². The molecule has 36 heavy (non-hydrogen) atoms. The van der Waals surface area contributed by atoms with Crippen LogP contribution in [0, 0.1) is 11.6 Å². The number of carbonyl (C=O) groups is 1. The molecule has 11 heteroatoms. The zero-order valence-corrected chi connectivity index (χ0v) is 19.4. The number of aliphatic hydroxyl groups is 1. The van der Waals surface area contributed by atoms with Crippen molar-refractivity contribution in [1.29, 1.82) is 0 Å². The molecule has 9 nitrogen and oxygen atoms in total. The van der Waals surface area contributed by atoms with Crippen LogP contribution in [-0.2, 0) is 0 Å². The summed E-state index contributed by atoms with van der Waals surface area (Å²) in [6.45, 7) is 0.642. The number of carbonyl (C=O) groups excluding carboxylic acids is 1. The average molecular weight is 494 g/mol. The van der Waals surface area contributed by atoms with E-state index in [1.807, 2.05) is 4.90 Å². The van der Waals surface area contributed by atoms with Gasteiger partial charge in [-0.25, -0.2) is 13.8 Å². The van der Waals surface area contributed by atoms with Gasteiger partial charge in [-0.3, -0.25) is 9.48 Å². The molecule has 1 saturated heterocycles. The molecule has 1 amide bonds. The molecule has 4 heterocycles. The second-order valence-corrected chi connectivity index (χ2v) is 9.38. The van der Waals surface area contributed by atoms with Crippen LogP contribution >= 0.6 is 0 Å². The molecule has 2 aliphatic rings. The molecule has 3 unspecified atom stereocenters. The van der Waals surface area contributed by atoms with Gasteiger partial charge >= 0.3 is 0 Å². The minimum atomic E-state index is -0.479. The van der Waals surface area contributed by atoms with Crippen LogP contribution in [0.3, 0.4) is 0 Å². The highest BCUT2D eigenvalue weighted by Crippen LogP contribution is 2.37. The minimum Gasteiger partial charge on any atom is -0.393 e. The average Bonchev–Trinajstić information content (AvgIpc) is 3.67. The van der Waals surface area contributed by atoms with E-state index < -0.39 is 17.5 Å². The van der Waals surface area contributed by atoms with Gasteiger partial charge in [-0.15, -0.1) is 5.10 Å². The molecule has 2 N–H and O–H groups in total. The third-order valence-corrected chi connectivity index (χ3v) is 7.05. The van der Waals surface area contributed by atoms with E-state index in [0.717, 1.165) is 31.4 Å². The molecule has 3 aromatic heterocycles. The predicted molar refractivity (Wildman–Crippen MR) is 128 cm³/mol. The normalized spacial score (nSPS) is 22.0. The van der Waals surface area contributed by atoms with Crippen molar-refractivity contribution >= 4 is 23.2 Å². The number of halogens is 2. The van der Waals surface area contributed by atoms with Crippen molar-refractivity contribution in [3.63, 3.8) is 0 Å². The summed E-state index contributed by atoms with van der Waals surface area (Å²) in [5.74, 6) is -0.381. The van der Waals surface area contributed by atoms with Gasteiger partial charge in [0, 0.05) is 18.3 Å². The second-order valence-electron chi connectivity index (χ2n) is 9.38. The summed E-state index contributed by atoms with van der Waals surface area (Å²) in [6.07, 6.45) is 6.60. The lowest BCUT2D eigenvalue weighted by Gasteiger charge is -2.26. The van der Waals surface area contributed by atoms with Crippen molar-refractivity contribution in [2.45, 2.75) is 50.3 Å². The summed E-state index contributed by atoms with van der Waals surface area (Å²) >= 11 is 0. The highest BCUT2D eigenvalue weighted by molar-refractivity contribution is 6.02. The van der Waals surface area contributed by atoms with E-state index >= 15 is 0 Å². The van der Waals surface area contributed by atoms with Crippen molar-refractivity contribution in [2.75, 3.05) is 16.8 Å². The first-order valence-corrected chi connectivity index (χ1v) is 12.1. The van der Waals surface area contributed by atoms with Crippen molar-refractivity contribution in [3.8, 4) is 0 Å². The monoisotopic (exact) mass is 493 g/mol. The molecule has 4 aromatic rings. The van der Waals surface area contributed by atoms with Crippen molar-refractivity contribution < 1.29 is 18.7 Å². The van der Waals surface area contributed by atoms with Crippen LogP contribution in [0.2, 0.25) is 0 Å². The number of rotatable bonds is 5. The van der Waals surface area contributed by atoms with Crippen LogP contribution in [0.5, 0.6) is 0 Å². The van der Waals surface area contributed by atoms with Gasteiger partial charge in [-0.05, 0) is 68.5 Å². The Labute approximate surface area is 205 Å². The topological polar surface area (TPSA) is 101 Å². The lowest BCUT2D eigenvalue weighted by molar-refractivity contribution is 0.102. The summed E-state index contributed by atoms with van der Waals surface area (Å²) < 4.78 is 31.6. The zero-order valence-electron chi connectivity index (χ0n) is 19.4. The molecule has 0 spiro atoms. The number of anilines is 2. The Morgan fingerprint density at radius 1 is 1.08 bits per heavy atom. The fourth-order valence-corrected chi connectivity index (χ4v) is 5.25. The second kappa shape index (κ2) is 8.98. The Morgan fingerprint density at radius 2 is 1.97 bits per heavy atom. The summed E-state index contributed by atoms with van der Waals surface area (Å²) in [4.78, 5) is 19.2. The fourth-order valence-electron chi connectivity index (χ4n) is 5.25. The molecule has 0 bridgehead atoms. The van der Waals surface area contributed by atoms with Crippen molar-refractivity contribution in [1.82, 2.24) is 24.4 Å². The number of nitrogens with one attached hydrogen (secondary N) is 1. The minimum absolute atomic E-state index is 0.0814. The molecular formula is C25H25F2N7O2. The summed E-state index contributed by atoms with van der Waals surface area (Å²) in [7, 11) is 0. The van der Waals surface area contributed by atoms with Gasteiger partial charge in [0.15, 0.2) is 17.2 Å². The van der Waals surface area contributed by atoms with Crippen molar-refractivity contribution in [3.05, 3.63) is 71.7 Å². The van der Waals surface area contributed by atoms with Gasteiger partial charge in [0.2, 0.25) is 0 Å². The SMILES string of the molecule is O=C(Nc1cnc2ccc(N3CCCC3c3cc(F)ccc3F)nn12)c1ccn(C2CCC(O)C2)n1. The van der Waals surface area contributed by atoms with Gasteiger partial charge in [0.25, 0.3) is 5.91 Å². The first-order chi connectivity index (χ1) is 17.5. The number of hydrogen-bond acceptors (Lipinski definition) is 6. The fraction of sp³-hybridized carbons (Fsp3) is 0.360.